The van der Waals surface area contributed by atoms with Crippen LogP contribution in [0.25, 0.3) is 0 Å². The summed E-state index contributed by atoms with van der Waals surface area (Å²) in [6.45, 7) is 8.86. The molecule has 0 spiro atoms. The molecule has 0 bridgehead atoms. The van der Waals surface area contributed by atoms with Gasteiger partial charge in [0, 0.05) is 17.7 Å². The van der Waals surface area contributed by atoms with Gasteiger partial charge in [0.05, 0.1) is 26.2 Å². The zero-order valence-electron chi connectivity index (χ0n) is 18.8. The fourth-order valence-corrected chi connectivity index (χ4v) is 4.05. The van der Waals surface area contributed by atoms with E-state index in [0.29, 0.717) is 26.2 Å². The first-order valence-electron chi connectivity index (χ1n) is 11.4. The molecule has 166 valence electrons. The van der Waals surface area contributed by atoms with E-state index in [1.54, 1.807) is 0 Å². The number of carbonyl (C=O) groups is 2. The third kappa shape index (κ3) is 6.91. The lowest BCUT2D eigenvalue weighted by Crippen LogP contribution is -3.16. The van der Waals surface area contributed by atoms with E-state index < -0.39 is 0 Å². The number of benzene rings is 2. The van der Waals surface area contributed by atoms with Gasteiger partial charge in [-0.05, 0) is 13.3 Å². The van der Waals surface area contributed by atoms with Gasteiger partial charge in [-0.1, -0.05) is 67.1 Å². The van der Waals surface area contributed by atoms with Gasteiger partial charge < -0.3 is 20.4 Å². The standard InChI is InChI=1S/C25H34N4O2/c1-3-13-26-23(30)19-28-14-16-29(17-15-28)24(31)18-27-25(21-7-5-4-6-8-21)22-11-9-20(2)10-12-22/h4-12,25,27H,3,13-19H2,1-2H3,(H,26,30)/p+2/t25-/m0/s1. The van der Waals surface area contributed by atoms with Crippen molar-refractivity contribution in [2.75, 3.05) is 45.8 Å². The lowest BCUT2D eigenvalue weighted by molar-refractivity contribution is -0.896. The third-order valence-corrected chi connectivity index (χ3v) is 5.93. The third-order valence-electron chi connectivity index (χ3n) is 5.93. The first-order valence-corrected chi connectivity index (χ1v) is 11.4. The molecule has 0 unspecified atom stereocenters. The molecule has 1 fully saturated rings. The summed E-state index contributed by atoms with van der Waals surface area (Å²) >= 11 is 0. The van der Waals surface area contributed by atoms with Crippen molar-refractivity contribution in [1.82, 2.24) is 10.2 Å². The maximum atomic E-state index is 12.9. The molecule has 0 saturated carbocycles. The molecule has 2 aromatic rings. The van der Waals surface area contributed by atoms with E-state index in [2.05, 4.69) is 60.9 Å². The number of nitrogens with two attached hydrogens (primary N) is 1. The Labute approximate surface area is 185 Å². The Bertz CT molecular complexity index is 830. The van der Waals surface area contributed by atoms with Crippen LogP contribution in [-0.4, -0.2) is 62.5 Å². The Kier molecular flexibility index (Phi) is 8.62. The maximum Gasteiger partial charge on any atom is 0.278 e. The number of quaternary nitrogens is 2. The molecule has 2 amide bonds. The highest BCUT2D eigenvalue weighted by Gasteiger charge is 2.27. The van der Waals surface area contributed by atoms with Crippen molar-refractivity contribution in [1.29, 1.82) is 0 Å². The quantitative estimate of drug-likeness (QED) is 0.526. The Morgan fingerprint density at radius 2 is 1.68 bits per heavy atom. The van der Waals surface area contributed by atoms with E-state index in [4.69, 9.17) is 0 Å². The van der Waals surface area contributed by atoms with Gasteiger partial charge in [0.15, 0.2) is 13.1 Å². The van der Waals surface area contributed by atoms with Gasteiger partial charge >= 0.3 is 0 Å². The zero-order chi connectivity index (χ0) is 22.1. The highest BCUT2D eigenvalue weighted by molar-refractivity contribution is 5.77. The van der Waals surface area contributed by atoms with Crippen LogP contribution < -0.4 is 15.5 Å². The predicted molar refractivity (Wildman–Crippen MR) is 122 cm³/mol. The molecule has 1 aliphatic heterocycles. The number of hydrogen-bond acceptors (Lipinski definition) is 2. The molecule has 1 atom stereocenters. The summed E-state index contributed by atoms with van der Waals surface area (Å²) in [5.41, 5.74) is 3.64. The van der Waals surface area contributed by atoms with Gasteiger partial charge in [-0.3, -0.25) is 9.59 Å². The van der Waals surface area contributed by atoms with E-state index in [1.807, 2.05) is 23.1 Å². The lowest BCUT2D eigenvalue weighted by Gasteiger charge is -2.31. The topological polar surface area (TPSA) is 70.5 Å². The smallest absolute Gasteiger partial charge is 0.278 e. The van der Waals surface area contributed by atoms with E-state index in [1.165, 1.54) is 21.6 Å². The van der Waals surface area contributed by atoms with Crippen LogP contribution in [-0.2, 0) is 9.59 Å². The molecule has 6 nitrogen and oxygen atoms in total. The summed E-state index contributed by atoms with van der Waals surface area (Å²) in [4.78, 5) is 28.0. The molecule has 0 aromatic heterocycles. The molecule has 31 heavy (non-hydrogen) atoms. The van der Waals surface area contributed by atoms with Crippen molar-refractivity contribution in [3.05, 3.63) is 71.3 Å². The van der Waals surface area contributed by atoms with Crippen LogP contribution >= 0.6 is 0 Å². The van der Waals surface area contributed by atoms with Gasteiger partial charge in [-0.25, -0.2) is 0 Å². The molecular weight excluding hydrogens is 388 g/mol. The molecular formula is C25H36N4O2+2. The second kappa shape index (κ2) is 11.6. The van der Waals surface area contributed by atoms with E-state index in [9.17, 15) is 9.59 Å². The summed E-state index contributed by atoms with van der Waals surface area (Å²) in [6, 6.07) is 19.0. The maximum absolute atomic E-state index is 12.9. The van der Waals surface area contributed by atoms with Gasteiger partial charge in [0.2, 0.25) is 0 Å². The largest absolute Gasteiger partial charge is 0.351 e. The highest BCUT2D eigenvalue weighted by atomic mass is 16.2. The van der Waals surface area contributed by atoms with Gasteiger partial charge in [-0.2, -0.15) is 0 Å². The molecule has 1 saturated heterocycles. The second-order valence-electron chi connectivity index (χ2n) is 8.40. The molecule has 1 heterocycles. The van der Waals surface area contributed by atoms with Crippen molar-refractivity contribution in [3.8, 4) is 0 Å². The fraction of sp³-hybridized carbons (Fsp3) is 0.440. The average molecular weight is 425 g/mol. The summed E-state index contributed by atoms with van der Waals surface area (Å²) < 4.78 is 0. The van der Waals surface area contributed by atoms with Crippen LogP contribution in [0.1, 0.15) is 36.1 Å². The Morgan fingerprint density at radius 1 is 1.03 bits per heavy atom. The summed E-state index contributed by atoms with van der Waals surface area (Å²) in [5, 5.41) is 5.07. The molecule has 6 heteroatoms. The monoisotopic (exact) mass is 424 g/mol. The summed E-state index contributed by atoms with van der Waals surface area (Å²) in [7, 11) is 0. The number of carbonyl (C=O) groups excluding carboxylic acids is 2. The number of piperazine rings is 1. The lowest BCUT2D eigenvalue weighted by atomic mass is 9.98. The predicted octanol–water partition coefficient (Wildman–Crippen LogP) is -0.0989. The minimum Gasteiger partial charge on any atom is -0.351 e. The van der Waals surface area contributed by atoms with Gasteiger partial charge in [0.25, 0.3) is 11.8 Å². The van der Waals surface area contributed by atoms with Gasteiger partial charge in [0.1, 0.15) is 6.04 Å². The van der Waals surface area contributed by atoms with Crippen LogP contribution in [0.2, 0.25) is 0 Å². The normalized spacial score (nSPS) is 15.5. The number of hydrogen-bond donors (Lipinski definition) is 3. The molecule has 0 radical (unpaired) electrons. The van der Waals surface area contributed by atoms with Crippen LogP contribution in [0, 0.1) is 6.92 Å². The highest BCUT2D eigenvalue weighted by Crippen LogP contribution is 2.18. The molecule has 0 aliphatic carbocycles. The SMILES string of the molecule is CCCNC(=O)C[NH+]1CCN(C(=O)C[NH2+][C@@H](c2ccccc2)c2ccc(C)cc2)CC1. The van der Waals surface area contributed by atoms with E-state index in [0.717, 1.165) is 26.1 Å². The Morgan fingerprint density at radius 3 is 2.32 bits per heavy atom. The number of nitrogens with zero attached hydrogens (tertiary/aromatic N) is 1. The number of rotatable bonds is 9. The van der Waals surface area contributed by atoms with Crippen LogP contribution in [0.4, 0.5) is 0 Å². The first kappa shape index (κ1) is 23.0. The number of amides is 2. The summed E-state index contributed by atoms with van der Waals surface area (Å²) in [6.07, 6.45) is 0.951. The minimum atomic E-state index is 0.0972. The number of nitrogens with one attached hydrogen (secondary N) is 2. The minimum absolute atomic E-state index is 0.0972. The van der Waals surface area contributed by atoms with Crippen molar-refractivity contribution in [3.63, 3.8) is 0 Å². The van der Waals surface area contributed by atoms with Crippen LogP contribution in [0.5, 0.6) is 0 Å². The second-order valence-corrected chi connectivity index (χ2v) is 8.40. The molecule has 3 rings (SSSR count). The first-order chi connectivity index (χ1) is 15.1. The van der Waals surface area contributed by atoms with Gasteiger partial charge in [-0.15, -0.1) is 0 Å². The molecule has 4 N–H and O–H groups in total. The van der Waals surface area contributed by atoms with Crippen LogP contribution in [0.3, 0.4) is 0 Å². The average Bonchev–Trinajstić information content (AvgIpc) is 2.80. The Hall–Kier alpha value is -2.70. The van der Waals surface area contributed by atoms with Crippen molar-refractivity contribution < 1.29 is 19.8 Å². The van der Waals surface area contributed by atoms with Crippen molar-refractivity contribution in [2.45, 2.75) is 26.3 Å². The Balaban J connectivity index is 1.53. The summed E-state index contributed by atoms with van der Waals surface area (Å²) in [5.74, 6) is 0.274. The van der Waals surface area contributed by atoms with Crippen LogP contribution in [0.15, 0.2) is 54.6 Å². The van der Waals surface area contributed by atoms with E-state index in [-0.39, 0.29) is 17.9 Å². The van der Waals surface area contributed by atoms with Crippen molar-refractivity contribution >= 4 is 11.8 Å². The molecule has 1 aliphatic rings. The fourth-order valence-electron chi connectivity index (χ4n) is 4.05. The molecule has 2 aromatic carbocycles. The van der Waals surface area contributed by atoms with E-state index >= 15 is 0 Å². The number of aryl methyl sites for hydroxylation is 1. The zero-order valence-corrected chi connectivity index (χ0v) is 18.8. The van der Waals surface area contributed by atoms with Crippen molar-refractivity contribution in [2.24, 2.45) is 0 Å².